The Morgan fingerprint density at radius 3 is 2.65 bits per heavy atom. The second kappa shape index (κ2) is 5.14. The molecule has 96 valence electrons. The van der Waals surface area contributed by atoms with E-state index in [0.29, 0.717) is 6.42 Å². The number of benzene rings is 2. The van der Waals surface area contributed by atoms with Crippen LogP contribution in [0.25, 0.3) is 10.8 Å². The third kappa shape index (κ3) is 2.26. The van der Waals surface area contributed by atoms with Gasteiger partial charge in [-0.15, -0.1) is 0 Å². The van der Waals surface area contributed by atoms with Gasteiger partial charge in [-0.2, -0.15) is 5.26 Å². The van der Waals surface area contributed by atoms with Gasteiger partial charge in [-0.25, -0.2) is 0 Å². The van der Waals surface area contributed by atoms with Crippen LogP contribution in [0, 0.1) is 18.3 Å². The Labute approximate surface area is 118 Å². The fraction of sp³-hybridized carbons (Fsp3) is 0.111. The molecule has 0 fully saturated rings. The van der Waals surface area contributed by atoms with Gasteiger partial charge in [0.2, 0.25) is 0 Å². The summed E-state index contributed by atoms with van der Waals surface area (Å²) < 4.78 is 0. The van der Waals surface area contributed by atoms with E-state index >= 15 is 0 Å². The number of nitriles is 1. The first kappa shape index (κ1) is 12.4. The number of pyridine rings is 1. The van der Waals surface area contributed by atoms with Crippen LogP contribution in [0.5, 0.6) is 0 Å². The Kier molecular flexibility index (Phi) is 3.18. The predicted octanol–water partition coefficient (Wildman–Crippen LogP) is 4.01. The molecule has 0 radical (unpaired) electrons. The molecule has 3 aromatic rings. The van der Waals surface area contributed by atoms with Crippen LogP contribution < -0.4 is 0 Å². The summed E-state index contributed by atoms with van der Waals surface area (Å²) in [5.74, 6) is 0. The molecular weight excluding hydrogens is 244 g/mol. The lowest BCUT2D eigenvalue weighted by Crippen LogP contribution is -1.98. The van der Waals surface area contributed by atoms with Crippen LogP contribution in [0.3, 0.4) is 0 Å². The van der Waals surface area contributed by atoms with Crippen molar-refractivity contribution in [2.24, 2.45) is 0 Å². The van der Waals surface area contributed by atoms with E-state index in [0.717, 1.165) is 27.9 Å². The minimum absolute atomic E-state index is 0.686. The number of hydrogen-bond acceptors (Lipinski definition) is 2. The average Bonchev–Trinajstić information content (AvgIpc) is 2.47. The highest BCUT2D eigenvalue weighted by Gasteiger charge is 2.08. The van der Waals surface area contributed by atoms with Gasteiger partial charge >= 0.3 is 0 Å². The molecule has 2 heteroatoms. The molecule has 0 aliphatic heterocycles. The standard InChI is InChI=1S/C18H14N2/c1-13-10-15-7-4-5-9-17(15)18(20-13)11-14-6-2-3-8-16(14)12-19/h2-10H,11H2,1H3. The largest absolute Gasteiger partial charge is 0.257 e. The molecule has 0 N–H and O–H groups in total. The summed E-state index contributed by atoms with van der Waals surface area (Å²) in [5, 5.41) is 11.6. The van der Waals surface area contributed by atoms with Crippen LogP contribution in [-0.4, -0.2) is 4.98 Å². The van der Waals surface area contributed by atoms with Crippen molar-refractivity contribution < 1.29 is 0 Å². The first-order valence-corrected chi connectivity index (χ1v) is 6.61. The summed E-state index contributed by atoms with van der Waals surface area (Å²) in [7, 11) is 0. The Morgan fingerprint density at radius 1 is 1.05 bits per heavy atom. The van der Waals surface area contributed by atoms with Gasteiger partial charge in [-0.3, -0.25) is 4.98 Å². The lowest BCUT2D eigenvalue weighted by molar-refractivity contribution is 1.06. The molecule has 2 aromatic carbocycles. The predicted molar refractivity (Wildman–Crippen MR) is 80.4 cm³/mol. The maximum atomic E-state index is 9.19. The fourth-order valence-electron chi connectivity index (χ4n) is 2.51. The second-order valence-electron chi connectivity index (χ2n) is 4.88. The lowest BCUT2D eigenvalue weighted by Gasteiger charge is -2.08. The highest BCUT2D eigenvalue weighted by molar-refractivity contribution is 5.85. The first-order valence-electron chi connectivity index (χ1n) is 6.61. The zero-order valence-corrected chi connectivity index (χ0v) is 11.3. The van der Waals surface area contributed by atoms with Crippen molar-refractivity contribution in [3.05, 3.63) is 77.1 Å². The van der Waals surface area contributed by atoms with E-state index in [9.17, 15) is 5.26 Å². The van der Waals surface area contributed by atoms with Crippen molar-refractivity contribution in [1.29, 1.82) is 5.26 Å². The van der Waals surface area contributed by atoms with Gasteiger partial charge in [0.15, 0.2) is 0 Å². The topological polar surface area (TPSA) is 36.7 Å². The molecule has 0 bridgehead atoms. The summed E-state index contributed by atoms with van der Waals surface area (Å²) in [4.78, 5) is 4.66. The minimum atomic E-state index is 0.686. The number of hydrogen-bond donors (Lipinski definition) is 0. The Bertz CT molecular complexity index is 813. The Balaban J connectivity index is 2.14. The fourth-order valence-corrected chi connectivity index (χ4v) is 2.51. The van der Waals surface area contributed by atoms with Gasteiger partial charge in [-0.05, 0) is 30.0 Å². The third-order valence-electron chi connectivity index (χ3n) is 3.44. The van der Waals surface area contributed by atoms with E-state index in [1.54, 1.807) is 0 Å². The zero-order chi connectivity index (χ0) is 13.9. The van der Waals surface area contributed by atoms with Crippen molar-refractivity contribution in [3.8, 4) is 6.07 Å². The summed E-state index contributed by atoms with van der Waals surface area (Å²) >= 11 is 0. The molecule has 0 saturated carbocycles. The van der Waals surface area contributed by atoms with Crippen molar-refractivity contribution in [2.75, 3.05) is 0 Å². The van der Waals surface area contributed by atoms with Crippen molar-refractivity contribution in [1.82, 2.24) is 4.98 Å². The van der Waals surface area contributed by atoms with Gasteiger partial charge in [0.1, 0.15) is 0 Å². The maximum Gasteiger partial charge on any atom is 0.0994 e. The molecule has 0 atom stereocenters. The van der Waals surface area contributed by atoms with Gasteiger partial charge in [0.25, 0.3) is 0 Å². The van der Waals surface area contributed by atoms with E-state index in [1.807, 2.05) is 43.3 Å². The van der Waals surface area contributed by atoms with Crippen LogP contribution in [-0.2, 0) is 6.42 Å². The van der Waals surface area contributed by atoms with E-state index in [2.05, 4.69) is 29.3 Å². The van der Waals surface area contributed by atoms with E-state index in [1.165, 1.54) is 5.39 Å². The number of nitrogens with zero attached hydrogens (tertiary/aromatic N) is 2. The molecular formula is C18H14N2. The molecule has 0 aliphatic carbocycles. The van der Waals surface area contributed by atoms with Gasteiger partial charge in [0.05, 0.1) is 17.3 Å². The van der Waals surface area contributed by atoms with Gasteiger partial charge in [-0.1, -0.05) is 42.5 Å². The average molecular weight is 258 g/mol. The Hall–Kier alpha value is -2.66. The van der Waals surface area contributed by atoms with Crippen molar-refractivity contribution >= 4 is 10.8 Å². The minimum Gasteiger partial charge on any atom is -0.257 e. The normalized spacial score (nSPS) is 10.4. The number of fused-ring (bicyclic) bond motifs is 1. The molecule has 20 heavy (non-hydrogen) atoms. The number of rotatable bonds is 2. The van der Waals surface area contributed by atoms with E-state index in [4.69, 9.17) is 0 Å². The van der Waals surface area contributed by atoms with Gasteiger partial charge in [0, 0.05) is 17.5 Å². The van der Waals surface area contributed by atoms with Crippen LogP contribution >= 0.6 is 0 Å². The lowest BCUT2D eigenvalue weighted by atomic mass is 9.99. The van der Waals surface area contributed by atoms with Crippen LogP contribution in [0.15, 0.2) is 54.6 Å². The summed E-state index contributed by atoms with van der Waals surface area (Å²) in [5.41, 5.74) is 3.79. The summed E-state index contributed by atoms with van der Waals surface area (Å²) in [6.45, 7) is 2.01. The highest BCUT2D eigenvalue weighted by atomic mass is 14.7. The van der Waals surface area contributed by atoms with Gasteiger partial charge < -0.3 is 0 Å². The molecule has 1 aromatic heterocycles. The molecule has 1 heterocycles. The first-order chi connectivity index (χ1) is 9.78. The summed E-state index contributed by atoms with van der Waals surface area (Å²) in [6.07, 6.45) is 0.686. The van der Waals surface area contributed by atoms with E-state index < -0.39 is 0 Å². The molecule has 3 rings (SSSR count). The smallest absolute Gasteiger partial charge is 0.0994 e. The molecule has 0 aliphatic rings. The van der Waals surface area contributed by atoms with Crippen LogP contribution in [0.4, 0.5) is 0 Å². The van der Waals surface area contributed by atoms with Crippen LogP contribution in [0.1, 0.15) is 22.5 Å². The van der Waals surface area contributed by atoms with Crippen molar-refractivity contribution in [3.63, 3.8) is 0 Å². The number of aryl methyl sites for hydroxylation is 1. The quantitative estimate of drug-likeness (QED) is 0.696. The maximum absolute atomic E-state index is 9.19. The molecule has 2 nitrogen and oxygen atoms in total. The van der Waals surface area contributed by atoms with E-state index in [-0.39, 0.29) is 0 Å². The molecule has 0 unspecified atom stereocenters. The SMILES string of the molecule is Cc1cc2ccccc2c(Cc2ccccc2C#N)n1. The monoisotopic (exact) mass is 258 g/mol. The van der Waals surface area contributed by atoms with Crippen LogP contribution in [0.2, 0.25) is 0 Å². The third-order valence-corrected chi connectivity index (χ3v) is 3.44. The molecule has 0 spiro atoms. The second-order valence-corrected chi connectivity index (χ2v) is 4.88. The highest BCUT2D eigenvalue weighted by Crippen LogP contribution is 2.22. The van der Waals surface area contributed by atoms with Crippen molar-refractivity contribution in [2.45, 2.75) is 13.3 Å². The summed E-state index contributed by atoms with van der Waals surface area (Å²) in [6, 6.07) is 20.3. The molecule has 0 amide bonds. The zero-order valence-electron chi connectivity index (χ0n) is 11.3. The number of aromatic nitrogens is 1. The molecule has 0 saturated heterocycles. The Morgan fingerprint density at radius 2 is 1.80 bits per heavy atom.